The monoisotopic (exact) mass is 344 g/mol. The third-order valence-electron chi connectivity index (χ3n) is 4.09. The lowest BCUT2D eigenvalue weighted by Crippen LogP contribution is -2.36. The molecule has 0 aliphatic carbocycles. The molecule has 3 aromatic rings. The molecule has 1 unspecified atom stereocenters. The summed E-state index contributed by atoms with van der Waals surface area (Å²) in [4.78, 5) is 34.0. The number of carbonyl (C=O) groups excluding carboxylic acids is 1. The topological polar surface area (TPSA) is 86.1 Å². The highest BCUT2D eigenvalue weighted by Crippen LogP contribution is 2.27. The fourth-order valence-corrected chi connectivity index (χ4v) is 3.90. The van der Waals surface area contributed by atoms with Crippen LogP contribution >= 0.6 is 11.3 Å². The Balaban J connectivity index is 1.55. The molecule has 3 aromatic heterocycles. The zero-order valence-corrected chi connectivity index (χ0v) is 13.7. The number of hydrogen-bond acceptors (Lipinski definition) is 6. The lowest BCUT2D eigenvalue weighted by atomic mass is 10.2. The van der Waals surface area contributed by atoms with E-state index in [0.29, 0.717) is 16.8 Å². The van der Waals surface area contributed by atoms with E-state index in [1.807, 2.05) is 12.1 Å². The summed E-state index contributed by atoms with van der Waals surface area (Å²) in [6.07, 6.45) is 5.19. The van der Waals surface area contributed by atoms with Crippen LogP contribution < -0.4 is 10.9 Å². The molecule has 124 valence electrons. The van der Waals surface area contributed by atoms with Crippen LogP contribution in [0.15, 0.2) is 29.5 Å². The molecule has 8 heteroatoms. The van der Waals surface area contributed by atoms with Crippen LogP contribution in [0.25, 0.3) is 20.4 Å². The quantitative estimate of drug-likeness (QED) is 0.771. The molecule has 1 N–H and O–H groups in total. The van der Waals surface area contributed by atoms with Gasteiger partial charge in [-0.3, -0.25) is 14.2 Å². The summed E-state index contributed by atoms with van der Waals surface area (Å²) in [6, 6.07) is 3.71. The van der Waals surface area contributed by atoms with E-state index in [4.69, 9.17) is 4.74 Å². The third kappa shape index (κ3) is 2.78. The van der Waals surface area contributed by atoms with E-state index >= 15 is 0 Å². The Morgan fingerprint density at radius 3 is 3.21 bits per heavy atom. The molecule has 1 aliphatic rings. The third-order valence-corrected chi connectivity index (χ3v) is 5.18. The fourth-order valence-electron chi connectivity index (χ4n) is 2.86. The molecule has 1 saturated heterocycles. The molecule has 1 amide bonds. The van der Waals surface area contributed by atoms with Gasteiger partial charge in [0.15, 0.2) is 0 Å². The lowest BCUT2D eigenvalue weighted by Gasteiger charge is -2.11. The normalized spacial score (nSPS) is 17.6. The van der Waals surface area contributed by atoms with Gasteiger partial charge in [0, 0.05) is 24.7 Å². The smallest absolute Gasteiger partial charge is 0.271 e. The largest absolute Gasteiger partial charge is 0.376 e. The molecular weight excluding hydrogens is 328 g/mol. The van der Waals surface area contributed by atoms with Crippen LogP contribution in [0.4, 0.5) is 0 Å². The van der Waals surface area contributed by atoms with Crippen LogP contribution in [-0.2, 0) is 16.1 Å². The first-order valence-corrected chi connectivity index (χ1v) is 8.65. The maximum absolute atomic E-state index is 12.6. The number of rotatable bonds is 4. The molecule has 4 rings (SSSR count). The zero-order valence-electron chi connectivity index (χ0n) is 12.9. The summed E-state index contributed by atoms with van der Waals surface area (Å²) in [5, 5.41) is 3.68. The van der Waals surface area contributed by atoms with Crippen LogP contribution in [0.3, 0.4) is 0 Å². The second-order valence-corrected chi connectivity index (χ2v) is 6.75. The van der Waals surface area contributed by atoms with Gasteiger partial charge >= 0.3 is 0 Å². The second kappa shape index (κ2) is 6.29. The minimum atomic E-state index is -0.215. The number of ether oxygens (including phenoxy) is 1. The summed E-state index contributed by atoms with van der Waals surface area (Å²) in [5.41, 5.74) is 0.430. The van der Waals surface area contributed by atoms with Crippen molar-refractivity contribution in [3.05, 3.63) is 35.0 Å². The van der Waals surface area contributed by atoms with Crippen molar-refractivity contribution in [2.75, 3.05) is 13.2 Å². The van der Waals surface area contributed by atoms with Crippen LogP contribution in [0, 0.1) is 0 Å². The van der Waals surface area contributed by atoms with Crippen molar-refractivity contribution in [3.8, 4) is 0 Å². The maximum Gasteiger partial charge on any atom is 0.271 e. The predicted octanol–water partition coefficient (Wildman–Crippen LogP) is 1.30. The molecule has 1 atom stereocenters. The lowest BCUT2D eigenvalue weighted by molar-refractivity contribution is -0.122. The highest BCUT2D eigenvalue weighted by atomic mass is 32.1. The molecule has 0 saturated carbocycles. The van der Waals surface area contributed by atoms with E-state index in [-0.39, 0.29) is 24.1 Å². The van der Waals surface area contributed by atoms with E-state index in [1.54, 1.807) is 6.20 Å². The zero-order chi connectivity index (χ0) is 16.5. The Hall–Kier alpha value is -2.32. The maximum atomic E-state index is 12.6. The Bertz CT molecular complexity index is 959. The van der Waals surface area contributed by atoms with Gasteiger partial charge in [-0.25, -0.2) is 9.97 Å². The van der Waals surface area contributed by atoms with E-state index < -0.39 is 0 Å². The first kappa shape index (κ1) is 15.2. The number of aromatic nitrogens is 3. The molecular formula is C16H16N4O3S. The van der Waals surface area contributed by atoms with Crippen molar-refractivity contribution in [3.63, 3.8) is 0 Å². The van der Waals surface area contributed by atoms with Crippen molar-refractivity contribution < 1.29 is 9.53 Å². The highest BCUT2D eigenvalue weighted by molar-refractivity contribution is 7.25. The number of hydrogen-bond donors (Lipinski definition) is 1. The molecule has 24 heavy (non-hydrogen) atoms. The van der Waals surface area contributed by atoms with Crippen molar-refractivity contribution in [1.29, 1.82) is 0 Å². The summed E-state index contributed by atoms with van der Waals surface area (Å²) in [5.74, 6) is -0.215. The Labute approximate surface area is 141 Å². The first-order chi connectivity index (χ1) is 11.7. The molecule has 0 bridgehead atoms. The molecule has 0 spiro atoms. The number of nitrogens with zero attached hydrogens (tertiary/aromatic N) is 3. The minimum absolute atomic E-state index is 0.0455. The van der Waals surface area contributed by atoms with Crippen molar-refractivity contribution >= 4 is 37.7 Å². The minimum Gasteiger partial charge on any atom is -0.376 e. The molecule has 7 nitrogen and oxygen atoms in total. The van der Waals surface area contributed by atoms with Crippen molar-refractivity contribution in [2.24, 2.45) is 0 Å². The van der Waals surface area contributed by atoms with E-state index in [2.05, 4.69) is 15.3 Å². The number of amides is 1. The number of thiophene rings is 1. The molecule has 0 aromatic carbocycles. The van der Waals surface area contributed by atoms with Gasteiger partial charge in [0.1, 0.15) is 16.1 Å². The summed E-state index contributed by atoms with van der Waals surface area (Å²) in [7, 11) is 0. The summed E-state index contributed by atoms with van der Waals surface area (Å²) >= 11 is 1.30. The predicted molar refractivity (Wildman–Crippen MR) is 91.2 cm³/mol. The van der Waals surface area contributed by atoms with Crippen molar-refractivity contribution in [1.82, 2.24) is 19.9 Å². The Morgan fingerprint density at radius 2 is 2.38 bits per heavy atom. The Morgan fingerprint density at radius 1 is 1.46 bits per heavy atom. The van der Waals surface area contributed by atoms with Crippen LogP contribution in [0.1, 0.15) is 12.8 Å². The van der Waals surface area contributed by atoms with E-state index in [1.165, 1.54) is 22.2 Å². The average molecular weight is 344 g/mol. The van der Waals surface area contributed by atoms with Gasteiger partial charge in [-0.1, -0.05) is 0 Å². The molecule has 1 fully saturated rings. The molecule has 1 aliphatic heterocycles. The molecule has 0 radical (unpaired) electrons. The SMILES string of the molecule is O=C(Cn1cnc2c(sc3ncccc32)c1=O)NCC1CCCO1. The van der Waals surface area contributed by atoms with E-state index in [0.717, 1.165) is 29.7 Å². The fraction of sp³-hybridized carbons (Fsp3) is 0.375. The van der Waals surface area contributed by atoms with Crippen LogP contribution in [-0.4, -0.2) is 39.7 Å². The number of carbonyl (C=O) groups is 1. The highest BCUT2D eigenvalue weighted by Gasteiger charge is 2.17. The van der Waals surface area contributed by atoms with Gasteiger partial charge in [0.05, 0.1) is 17.9 Å². The van der Waals surface area contributed by atoms with E-state index in [9.17, 15) is 9.59 Å². The Kier molecular flexibility index (Phi) is 3.99. The average Bonchev–Trinajstić information content (AvgIpc) is 3.23. The van der Waals surface area contributed by atoms with Crippen molar-refractivity contribution in [2.45, 2.75) is 25.5 Å². The van der Waals surface area contributed by atoms with Gasteiger partial charge in [0.25, 0.3) is 5.56 Å². The van der Waals surface area contributed by atoms with Gasteiger partial charge in [-0.15, -0.1) is 11.3 Å². The second-order valence-electron chi connectivity index (χ2n) is 5.75. The summed E-state index contributed by atoms with van der Waals surface area (Å²) < 4.78 is 7.33. The summed E-state index contributed by atoms with van der Waals surface area (Å²) in [6.45, 7) is 1.19. The number of pyridine rings is 1. The number of fused-ring (bicyclic) bond motifs is 3. The van der Waals surface area contributed by atoms with Gasteiger partial charge in [-0.2, -0.15) is 0 Å². The first-order valence-electron chi connectivity index (χ1n) is 7.83. The van der Waals surface area contributed by atoms with Gasteiger partial charge in [-0.05, 0) is 25.0 Å². The van der Waals surface area contributed by atoms with Crippen LogP contribution in [0.2, 0.25) is 0 Å². The standard InChI is InChI=1S/C16H16N4O3S/c21-12(18-7-10-3-2-6-23-10)8-20-9-19-13-11-4-1-5-17-15(11)24-14(13)16(20)22/h1,4-5,9-10H,2-3,6-8H2,(H,18,21). The molecule has 4 heterocycles. The van der Waals surface area contributed by atoms with Crippen LogP contribution in [0.5, 0.6) is 0 Å². The van der Waals surface area contributed by atoms with Gasteiger partial charge in [0.2, 0.25) is 5.91 Å². The number of nitrogens with one attached hydrogen (secondary N) is 1. The van der Waals surface area contributed by atoms with Gasteiger partial charge < -0.3 is 10.1 Å².